The molecule has 2 aromatic rings. The zero-order valence-corrected chi connectivity index (χ0v) is 9.54. The summed E-state index contributed by atoms with van der Waals surface area (Å²) in [5.74, 6) is 0. The van der Waals surface area contributed by atoms with E-state index in [9.17, 15) is 4.79 Å². The van der Waals surface area contributed by atoms with Crippen molar-refractivity contribution >= 4 is 27.7 Å². The Bertz CT molecular complexity index is 475. The van der Waals surface area contributed by atoms with Crippen LogP contribution in [0.15, 0.2) is 29.6 Å². The smallest absolute Gasteiger partial charge is 0.222 e. The topological polar surface area (TPSA) is 20.3 Å². The Kier molecular flexibility index (Phi) is 2.84. The highest BCUT2D eigenvalue weighted by Crippen LogP contribution is 2.31. The first-order valence-electron chi connectivity index (χ1n) is 4.74. The van der Waals surface area contributed by atoms with Crippen LogP contribution in [0.5, 0.6) is 0 Å². The number of likely N-dealkylation sites (N-methyl/N-ethyl adjacent to an activating group) is 1. The molecule has 0 aliphatic rings. The Morgan fingerprint density at radius 2 is 2.07 bits per heavy atom. The molecule has 0 fully saturated rings. The maximum Gasteiger partial charge on any atom is 0.222 e. The largest absolute Gasteiger partial charge is 0.296 e. The Labute approximate surface area is 93.1 Å². The lowest BCUT2D eigenvalue weighted by atomic mass is 10.1. The number of thiophene rings is 1. The number of benzene rings is 1. The Hall–Kier alpha value is -1.19. The monoisotopic (exact) mass is 218 g/mol. The Morgan fingerprint density at radius 3 is 2.73 bits per heavy atom. The number of nitrogens with zero attached hydrogens (tertiary/aromatic N) is 1. The quantitative estimate of drug-likeness (QED) is 0.789. The van der Waals surface area contributed by atoms with Gasteiger partial charge in [0.2, 0.25) is 6.29 Å². The number of hydrogen-bond donors (Lipinski definition) is 0. The molecular weight excluding hydrogens is 206 g/mol. The second-order valence-electron chi connectivity index (χ2n) is 3.67. The van der Waals surface area contributed by atoms with Crippen LogP contribution in [0.1, 0.15) is 11.6 Å². The highest BCUT2D eigenvalue weighted by Gasteiger charge is 2.17. The average molecular weight is 218 g/mol. The first-order valence-corrected chi connectivity index (χ1v) is 5.62. The molecule has 0 spiro atoms. The molecule has 0 bridgehead atoms. The van der Waals surface area contributed by atoms with E-state index in [1.54, 1.807) is 11.3 Å². The SMILES string of the molecule is CN(C)C([C]=O)c1csc2ccccc12. The molecule has 3 heteroatoms. The number of carbonyl (C=O) groups excluding carboxylic acids is 1. The molecule has 0 aliphatic carbocycles. The summed E-state index contributed by atoms with van der Waals surface area (Å²) in [5, 5.41) is 3.20. The molecule has 77 valence electrons. The second-order valence-corrected chi connectivity index (χ2v) is 4.58. The minimum atomic E-state index is -0.263. The third kappa shape index (κ3) is 1.80. The van der Waals surface area contributed by atoms with Crippen molar-refractivity contribution in [3.05, 3.63) is 35.2 Å². The summed E-state index contributed by atoms with van der Waals surface area (Å²) in [5.41, 5.74) is 1.05. The van der Waals surface area contributed by atoms with Crippen LogP contribution < -0.4 is 0 Å². The predicted molar refractivity (Wildman–Crippen MR) is 63.9 cm³/mol. The predicted octanol–water partition coefficient (Wildman–Crippen LogP) is 2.61. The molecule has 1 aromatic carbocycles. The van der Waals surface area contributed by atoms with Crippen LogP contribution in [-0.2, 0) is 4.79 Å². The first kappa shape index (κ1) is 10.3. The van der Waals surface area contributed by atoms with Gasteiger partial charge in [-0.15, -0.1) is 11.3 Å². The van der Waals surface area contributed by atoms with Crippen molar-refractivity contribution in [2.24, 2.45) is 0 Å². The van der Waals surface area contributed by atoms with Gasteiger partial charge in [-0.25, -0.2) is 0 Å². The van der Waals surface area contributed by atoms with Crippen molar-refractivity contribution in [2.75, 3.05) is 14.1 Å². The van der Waals surface area contributed by atoms with E-state index >= 15 is 0 Å². The molecule has 2 nitrogen and oxygen atoms in total. The Balaban J connectivity index is 2.55. The van der Waals surface area contributed by atoms with Crippen LogP contribution in [0.25, 0.3) is 10.1 Å². The molecule has 15 heavy (non-hydrogen) atoms. The summed E-state index contributed by atoms with van der Waals surface area (Å²) in [6, 6.07) is 7.87. The minimum Gasteiger partial charge on any atom is -0.296 e. The van der Waals surface area contributed by atoms with Crippen molar-refractivity contribution in [1.29, 1.82) is 0 Å². The van der Waals surface area contributed by atoms with Crippen molar-refractivity contribution in [3.63, 3.8) is 0 Å². The summed E-state index contributed by atoms with van der Waals surface area (Å²) in [7, 11) is 3.78. The summed E-state index contributed by atoms with van der Waals surface area (Å²) >= 11 is 1.67. The molecule has 1 radical (unpaired) electrons. The zero-order valence-electron chi connectivity index (χ0n) is 8.73. The number of hydrogen-bond acceptors (Lipinski definition) is 3. The molecule has 1 unspecified atom stereocenters. The molecular formula is C12H12NOS. The molecule has 1 atom stereocenters. The van der Waals surface area contributed by atoms with E-state index in [4.69, 9.17) is 0 Å². The van der Waals surface area contributed by atoms with Crippen LogP contribution in [0.3, 0.4) is 0 Å². The van der Waals surface area contributed by atoms with E-state index in [0.29, 0.717) is 0 Å². The first-order chi connectivity index (χ1) is 7.24. The van der Waals surface area contributed by atoms with E-state index < -0.39 is 0 Å². The van der Waals surface area contributed by atoms with Gasteiger partial charge in [-0.1, -0.05) is 18.2 Å². The van der Waals surface area contributed by atoms with E-state index in [-0.39, 0.29) is 6.04 Å². The summed E-state index contributed by atoms with van der Waals surface area (Å²) in [6.45, 7) is 0. The lowest BCUT2D eigenvalue weighted by Gasteiger charge is -2.16. The summed E-state index contributed by atoms with van der Waals surface area (Å²) in [6.07, 6.45) is 2.08. The van der Waals surface area contributed by atoms with E-state index in [1.165, 1.54) is 4.70 Å². The van der Waals surface area contributed by atoms with Crippen LogP contribution in [0.4, 0.5) is 0 Å². The van der Waals surface area contributed by atoms with Crippen molar-refractivity contribution < 1.29 is 4.79 Å². The zero-order chi connectivity index (χ0) is 10.8. The molecule has 1 aromatic heterocycles. The van der Waals surface area contributed by atoms with Crippen LogP contribution in [0.2, 0.25) is 0 Å². The van der Waals surface area contributed by atoms with Crippen LogP contribution >= 0.6 is 11.3 Å². The van der Waals surface area contributed by atoms with Crippen molar-refractivity contribution in [2.45, 2.75) is 6.04 Å². The number of rotatable bonds is 3. The standard InChI is InChI=1S/C12H12NOS/c1-13(2)11(7-14)10-8-15-12-6-4-3-5-9(10)12/h3-6,8,11H,1-2H3. The fraction of sp³-hybridized carbons (Fsp3) is 0.250. The van der Waals surface area contributed by atoms with E-state index in [2.05, 4.69) is 18.4 Å². The summed E-state index contributed by atoms with van der Waals surface area (Å²) < 4.78 is 1.22. The van der Waals surface area contributed by atoms with Crippen LogP contribution in [-0.4, -0.2) is 25.3 Å². The van der Waals surface area contributed by atoms with Gasteiger partial charge in [-0.3, -0.25) is 9.69 Å². The lowest BCUT2D eigenvalue weighted by molar-refractivity contribution is 0.357. The average Bonchev–Trinajstić information content (AvgIpc) is 2.63. The normalized spacial score (nSPS) is 13.3. The number of fused-ring (bicyclic) bond motifs is 1. The third-order valence-electron chi connectivity index (χ3n) is 2.43. The van der Waals surface area contributed by atoms with Gasteiger partial charge in [0, 0.05) is 4.70 Å². The highest BCUT2D eigenvalue weighted by atomic mass is 32.1. The van der Waals surface area contributed by atoms with Gasteiger partial charge in [0.1, 0.15) is 6.04 Å². The van der Waals surface area contributed by atoms with Crippen molar-refractivity contribution in [1.82, 2.24) is 4.90 Å². The maximum atomic E-state index is 10.9. The van der Waals surface area contributed by atoms with Crippen molar-refractivity contribution in [3.8, 4) is 0 Å². The maximum absolute atomic E-state index is 10.9. The summed E-state index contributed by atoms with van der Waals surface area (Å²) in [4.78, 5) is 12.8. The second kappa shape index (κ2) is 4.13. The van der Waals surface area contributed by atoms with Gasteiger partial charge in [0.05, 0.1) is 0 Å². The molecule has 0 saturated heterocycles. The van der Waals surface area contributed by atoms with Gasteiger partial charge in [0.25, 0.3) is 0 Å². The fourth-order valence-corrected chi connectivity index (χ4v) is 2.64. The molecule has 0 N–H and O–H groups in total. The highest BCUT2D eigenvalue weighted by molar-refractivity contribution is 7.17. The molecule has 0 aliphatic heterocycles. The third-order valence-corrected chi connectivity index (χ3v) is 3.42. The van der Waals surface area contributed by atoms with E-state index in [1.807, 2.05) is 36.5 Å². The van der Waals surface area contributed by atoms with Gasteiger partial charge in [-0.05, 0) is 36.5 Å². The van der Waals surface area contributed by atoms with Gasteiger partial charge < -0.3 is 0 Å². The minimum absolute atomic E-state index is 0.263. The molecule has 0 saturated carbocycles. The fourth-order valence-electron chi connectivity index (χ4n) is 1.66. The van der Waals surface area contributed by atoms with Gasteiger partial charge in [0.15, 0.2) is 0 Å². The van der Waals surface area contributed by atoms with Gasteiger partial charge >= 0.3 is 0 Å². The molecule has 0 amide bonds. The van der Waals surface area contributed by atoms with Crippen LogP contribution in [0, 0.1) is 0 Å². The van der Waals surface area contributed by atoms with Gasteiger partial charge in [-0.2, -0.15) is 0 Å². The lowest BCUT2D eigenvalue weighted by Crippen LogP contribution is -2.20. The Morgan fingerprint density at radius 1 is 1.33 bits per heavy atom. The van der Waals surface area contributed by atoms with E-state index in [0.717, 1.165) is 10.9 Å². The molecule has 2 rings (SSSR count). The molecule has 1 heterocycles.